The van der Waals surface area contributed by atoms with Gasteiger partial charge in [-0.1, -0.05) is 25.5 Å². The Morgan fingerprint density at radius 2 is 1.01 bits per heavy atom. The Morgan fingerprint density at radius 1 is 0.605 bits per heavy atom. The van der Waals surface area contributed by atoms with Gasteiger partial charge in [-0.05, 0) is 144 Å². The molecule has 2 aromatic heterocycles. The molecule has 424 valence electrons. The first-order valence-corrected chi connectivity index (χ1v) is 27.2. The van der Waals surface area contributed by atoms with E-state index in [0.717, 1.165) is 52.0 Å². The third kappa shape index (κ3) is 15.4. The van der Waals surface area contributed by atoms with E-state index in [0.29, 0.717) is 37.9 Å². The maximum absolute atomic E-state index is 13.9. The standard InChI is InChI=1S/C56H53F6N9O8S2/c1-5-9-40(22-24-66-50(73)33-68-52(75)46-29-48(81(79)44-20-16-37(31-64)17-21-44)35(3)71(54(46)77)42-13-7-11-39(27-42)56(60,61)62)69(4)25-8-23-65-49(72)32-67-51(74)45-28-47(80(78)43-18-14-36(30-63)15-19-43)34(2)70(53(45)76)41-12-6-10-38(26-41)55(57,58)59/h6-7,10-21,26-29,40H,5,8-9,22-25,32-33H2,1-4H3,(H,65,72)(H,66,73)(H,67,74)(H,68,75). The van der Waals surface area contributed by atoms with Crippen molar-refractivity contribution in [2.24, 2.45) is 0 Å². The van der Waals surface area contributed by atoms with Crippen molar-refractivity contribution in [2.75, 3.05) is 39.8 Å². The summed E-state index contributed by atoms with van der Waals surface area (Å²) in [7, 11) is -2.35. The Bertz CT molecular complexity index is 3610. The number of aromatic nitrogens is 2. The molecule has 4 N–H and O–H groups in total. The number of halogens is 6. The molecular formula is C56H53F6N9O8S2. The van der Waals surface area contributed by atoms with Crippen molar-refractivity contribution in [1.82, 2.24) is 35.3 Å². The van der Waals surface area contributed by atoms with Gasteiger partial charge in [0.25, 0.3) is 22.9 Å². The van der Waals surface area contributed by atoms with E-state index in [-0.39, 0.29) is 72.6 Å². The molecule has 6 aromatic rings. The smallest absolute Gasteiger partial charge is 0.355 e. The second-order valence-corrected chi connectivity index (χ2v) is 21.2. The van der Waals surface area contributed by atoms with Crippen molar-refractivity contribution < 1.29 is 53.9 Å². The highest BCUT2D eigenvalue weighted by atomic mass is 32.2. The largest absolute Gasteiger partial charge is 0.416 e. The molecule has 0 aliphatic carbocycles. The van der Waals surface area contributed by atoms with Crippen molar-refractivity contribution in [3.05, 3.63) is 175 Å². The van der Waals surface area contributed by atoms with Crippen molar-refractivity contribution in [3.63, 3.8) is 0 Å². The average molecular weight is 1160 g/mol. The zero-order chi connectivity index (χ0) is 59.3. The monoisotopic (exact) mass is 1160 g/mol. The van der Waals surface area contributed by atoms with Crippen LogP contribution in [0.1, 0.15) is 87.0 Å². The van der Waals surface area contributed by atoms with E-state index < -0.39 is 104 Å². The number of hydrogen-bond donors (Lipinski definition) is 4. The molecule has 81 heavy (non-hydrogen) atoms. The summed E-state index contributed by atoms with van der Waals surface area (Å²) in [6.07, 6.45) is -7.22. The quantitative estimate of drug-likeness (QED) is 0.0399. The summed E-state index contributed by atoms with van der Waals surface area (Å²) in [5.41, 5.74) is -5.50. The number of nitrogens with one attached hydrogen (secondary N) is 4. The predicted octanol–water partition coefficient (Wildman–Crippen LogP) is 6.99. The average Bonchev–Trinajstić information content (AvgIpc) is 3.61. The Kier molecular flexibility index (Phi) is 20.6. The van der Waals surface area contributed by atoms with Crippen molar-refractivity contribution in [2.45, 2.75) is 84.4 Å². The number of carbonyl (C=O) groups is 4. The van der Waals surface area contributed by atoms with E-state index in [4.69, 9.17) is 0 Å². The highest BCUT2D eigenvalue weighted by Crippen LogP contribution is 2.33. The van der Waals surface area contributed by atoms with E-state index in [2.05, 4.69) is 21.3 Å². The first-order valence-electron chi connectivity index (χ1n) is 24.9. The molecule has 25 heteroatoms. The van der Waals surface area contributed by atoms with E-state index >= 15 is 0 Å². The molecule has 0 saturated heterocycles. The number of nitrogens with zero attached hydrogens (tertiary/aromatic N) is 5. The minimum atomic E-state index is -4.78. The molecule has 4 aromatic carbocycles. The summed E-state index contributed by atoms with van der Waals surface area (Å²) in [5.74, 6) is -3.40. The number of benzene rings is 4. The molecule has 0 aliphatic rings. The van der Waals surface area contributed by atoms with Gasteiger partial charge in [0.15, 0.2) is 0 Å². The van der Waals surface area contributed by atoms with Gasteiger partial charge in [0.1, 0.15) is 11.1 Å². The van der Waals surface area contributed by atoms with Crippen LogP contribution in [0.25, 0.3) is 11.4 Å². The number of alkyl halides is 6. The van der Waals surface area contributed by atoms with Gasteiger partial charge in [0, 0.05) is 51.7 Å². The summed E-state index contributed by atoms with van der Waals surface area (Å²) in [6.45, 7) is 4.23. The van der Waals surface area contributed by atoms with Crippen LogP contribution < -0.4 is 32.4 Å². The minimum Gasteiger partial charge on any atom is -0.355 e. The van der Waals surface area contributed by atoms with Crippen LogP contribution in [0.5, 0.6) is 0 Å². The molecule has 3 atom stereocenters. The number of pyridine rings is 2. The fraction of sp³-hybridized carbons (Fsp3) is 0.286. The van der Waals surface area contributed by atoms with Crippen LogP contribution in [0.2, 0.25) is 0 Å². The second kappa shape index (κ2) is 27.1. The van der Waals surface area contributed by atoms with Gasteiger partial charge < -0.3 is 26.2 Å². The zero-order valence-corrected chi connectivity index (χ0v) is 45.6. The predicted molar refractivity (Wildman–Crippen MR) is 286 cm³/mol. The van der Waals surface area contributed by atoms with Crippen LogP contribution in [0.4, 0.5) is 26.3 Å². The van der Waals surface area contributed by atoms with Crippen molar-refractivity contribution in [1.29, 1.82) is 10.5 Å². The summed E-state index contributed by atoms with van der Waals surface area (Å²) in [6, 6.07) is 24.7. The summed E-state index contributed by atoms with van der Waals surface area (Å²) >= 11 is 0. The van der Waals surface area contributed by atoms with Crippen LogP contribution >= 0.6 is 0 Å². The molecule has 0 saturated carbocycles. The third-order valence-corrected chi connectivity index (χ3v) is 15.8. The van der Waals surface area contributed by atoms with Crippen LogP contribution in [0, 0.1) is 36.5 Å². The number of amides is 4. The number of carbonyl (C=O) groups excluding carboxylic acids is 4. The Hall–Kier alpha value is -8.52. The summed E-state index contributed by atoms with van der Waals surface area (Å²) in [5, 5.41) is 28.5. The highest BCUT2D eigenvalue weighted by Gasteiger charge is 2.33. The van der Waals surface area contributed by atoms with Crippen molar-refractivity contribution in [3.8, 4) is 23.5 Å². The van der Waals surface area contributed by atoms with Gasteiger partial charge in [-0.25, -0.2) is 8.42 Å². The molecular weight excluding hydrogens is 1100 g/mol. The van der Waals surface area contributed by atoms with Gasteiger partial charge in [0.05, 0.1) is 78.9 Å². The molecule has 17 nitrogen and oxygen atoms in total. The maximum Gasteiger partial charge on any atom is 0.416 e. The Balaban J connectivity index is 1.04. The van der Waals surface area contributed by atoms with Crippen LogP contribution in [0.15, 0.2) is 138 Å². The fourth-order valence-corrected chi connectivity index (χ4v) is 11.0. The lowest BCUT2D eigenvalue weighted by Crippen LogP contribution is -2.42. The van der Waals surface area contributed by atoms with Gasteiger partial charge in [-0.2, -0.15) is 36.9 Å². The first kappa shape index (κ1) is 61.7. The molecule has 3 unspecified atom stereocenters. The normalized spacial score (nSPS) is 12.6. The molecule has 0 fully saturated rings. The lowest BCUT2D eigenvalue weighted by Gasteiger charge is -2.28. The van der Waals surface area contributed by atoms with Gasteiger partial charge in [-0.15, -0.1) is 0 Å². The topological polar surface area (TPSA) is 245 Å². The van der Waals surface area contributed by atoms with Crippen LogP contribution in [-0.2, 0) is 43.5 Å². The second-order valence-electron chi connectivity index (χ2n) is 18.3. The molecule has 6 rings (SSSR count). The first-order chi connectivity index (χ1) is 38.4. The molecule has 0 spiro atoms. The zero-order valence-electron chi connectivity index (χ0n) is 43.9. The van der Waals surface area contributed by atoms with Gasteiger partial charge in [-0.3, -0.25) is 37.9 Å². The fourth-order valence-electron chi connectivity index (χ4n) is 8.56. The van der Waals surface area contributed by atoms with Gasteiger partial charge >= 0.3 is 12.4 Å². The van der Waals surface area contributed by atoms with Gasteiger partial charge in [0.2, 0.25) is 11.8 Å². The third-order valence-electron chi connectivity index (χ3n) is 12.8. The number of rotatable bonds is 22. The highest BCUT2D eigenvalue weighted by molar-refractivity contribution is 7.85. The molecule has 0 aliphatic heterocycles. The lowest BCUT2D eigenvalue weighted by molar-refractivity contribution is -0.138. The lowest BCUT2D eigenvalue weighted by atomic mass is 10.1. The molecule has 4 amide bonds. The maximum atomic E-state index is 13.9. The Labute approximate surface area is 465 Å². The van der Waals surface area contributed by atoms with Crippen LogP contribution in [-0.4, -0.2) is 91.9 Å². The number of nitriles is 2. The van der Waals surface area contributed by atoms with E-state index in [1.165, 1.54) is 74.5 Å². The molecule has 0 radical (unpaired) electrons. The van der Waals surface area contributed by atoms with Crippen LogP contribution in [0.3, 0.4) is 0 Å². The van der Waals surface area contributed by atoms with Crippen molar-refractivity contribution >= 4 is 45.2 Å². The summed E-state index contributed by atoms with van der Waals surface area (Å²) in [4.78, 5) is 83.1. The van der Waals surface area contributed by atoms with E-state index in [1.807, 2.05) is 31.0 Å². The number of hydrogen-bond acceptors (Lipinski definition) is 11. The minimum absolute atomic E-state index is 0.0258. The van der Waals surface area contributed by atoms with E-state index in [1.54, 1.807) is 0 Å². The summed E-state index contributed by atoms with van der Waals surface area (Å²) < 4.78 is 112. The Morgan fingerprint density at radius 3 is 1.40 bits per heavy atom. The molecule has 0 bridgehead atoms. The molecule has 2 heterocycles. The SMILES string of the molecule is CCCC(CCNC(=O)CNC(=O)c1cc(S(=O)c2ccc(C#N)cc2)c(C)n(-c2cccc(C(F)(F)F)c2)c1=O)N(C)CCCNC(=O)CNC(=O)c1cc(S(=O)c2ccc(C#N)cc2)c(C)n(-c2cccc(C(F)(F)F)c2)c1=O. The van der Waals surface area contributed by atoms with E-state index in [9.17, 15) is 74.1 Å².